The number of nitrogens with zero attached hydrogens (tertiary/aromatic N) is 3. The molecule has 20 heavy (non-hydrogen) atoms. The highest BCUT2D eigenvalue weighted by molar-refractivity contribution is 5.62. The minimum absolute atomic E-state index is 0.0229. The van der Waals surface area contributed by atoms with Crippen molar-refractivity contribution < 1.29 is 4.92 Å². The second-order valence-corrected chi connectivity index (χ2v) is 4.35. The summed E-state index contributed by atoms with van der Waals surface area (Å²) in [5.41, 5.74) is 1.21. The second-order valence-electron chi connectivity index (χ2n) is 4.35. The van der Waals surface area contributed by atoms with Gasteiger partial charge in [-0.1, -0.05) is 6.07 Å². The highest BCUT2D eigenvalue weighted by atomic mass is 16.6. The molecule has 2 rings (SSSR count). The molecule has 0 aliphatic rings. The Morgan fingerprint density at radius 1 is 1.30 bits per heavy atom. The summed E-state index contributed by atoms with van der Waals surface area (Å²) in [7, 11) is 1.63. The number of rotatable bonds is 5. The lowest BCUT2D eigenvalue weighted by molar-refractivity contribution is -0.383. The number of benzene rings is 1. The minimum Gasteiger partial charge on any atom is -0.383 e. The third kappa shape index (κ3) is 2.56. The maximum atomic E-state index is 11.9. The first-order valence-corrected chi connectivity index (χ1v) is 6.27. The van der Waals surface area contributed by atoms with Crippen molar-refractivity contribution in [1.29, 1.82) is 0 Å². The molecule has 0 amide bonds. The van der Waals surface area contributed by atoms with Crippen molar-refractivity contribution in [2.75, 3.05) is 12.4 Å². The van der Waals surface area contributed by atoms with E-state index in [4.69, 9.17) is 0 Å². The summed E-state index contributed by atoms with van der Waals surface area (Å²) in [4.78, 5) is 22.4. The molecule has 0 aliphatic carbocycles. The van der Waals surface area contributed by atoms with Gasteiger partial charge in [-0.25, -0.2) is 4.79 Å². The monoisotopic (exact) mass is 276 g/mol. The lowest BCUT2D eigenvalue weighted by Gasteiger charge is -2.06. The van der Waals surface area contributed by atoms with Crippen LogP contribution in [0.3, 0.4) is 0 Å². The van der Waals surface area contributed by atoms with Crippen LogP contribution in [-0.4, -0.2) is 21.1 Å². The van der Waals surface area contributed by atoms with Gasteiger partial charge in [0, 0.05) is 32.1 Å². The molecule has 1 heterocycles. The van der Waals surface area contributed by atoms with Crippen LogP contribution in [-0.2, 0) is 13.1 Å². The predicted molar refractivity (Wildman–Crippen MR) is 76.1 cm³/mol. The van der Waals surface area contributed by atoms with Gasteiger partial charge in [-0.2, -0.15) is 0 Å². The first-order chi connectivity index (χ1) is 9.56. The summed E-state index contributed by atoms with van der Waals surface area (Å²) in [5, 5.41) is 13.7. The van der Waals surface area contributed by atoms with Crippen LogP contribution >= 0.6 is 0 Å². The minimum atomic E-state index is -0.435. The predicted octanol–water partition coefficient (Wildman–Crippen LogP) is 1.67. The van der Waals surface area contributed by atoms with Crippen LogP contribution in [0, 0.1) is 10.1 Å². The molecule has 0 saturated heterocycles. The number of nitro groups is 1. The lowest BCUT2D eigenvalue weighted by atomic mass is 10.1. The fraction of sp³-hybridized carbons (Fsp3) is 0.308. The number of imidazole rings is 1. The van der Waals surface area contributed by atoms with Crippen LogP contribution in [0.25, 0.3) is 0 Å². The van der Waals surface area contributed by atoms with Gasteiger partial charge in [-0.05, 0) is 18.6 Å². The Hall–Kier alpha value is -2.57. The van der Waals surface area contributed by atoms with Gasteiger partial charge in [0.1, 0.15) is 5.69 Å². The van der Waals surface area contributed by atoms with E-state index < -0.39 is 4.92 Å². The van der Waals surface area contributed by atoms with Crippen LogP contribution < -0.4 is 11.0 Å². The van der Waals surface area contributed by atoms with Crippen molar-refractivity contribution in [1.82, 2.24) is 9.13 Å². The zero-order chi connectivity index (χ0) is 14.7. The SMILES string of the molecule is CCn1ccn(Cc2ccc([N+](=O)[O-])c(NC)c2)c1=O. The summed E-state index contributed by atoms with van der Waals surface area (Å²) in [6.07, 6.45) is 3.44. The number of nitrogens with one attached hydrogen (secondary N) is 1. The molecule has 0 spiro atoms. The summed E-state index contributed by atoms with van der Waals surface area (Å²) in [6.45, 7) is 2.91. The molecule has 1 aromatic heterocycles. The molecule has 106 valence electrons. The molecule has 0 unspecified atom stereocenters. The van der Waals surface area contributed by atoms with Gasteiger partial charge < -0.3 is 5.32 Å². The summed E-state index contributed by atoms with van der Waals surface area (Å²) in [6, 6.07) is 4.80. The average molecular weight is 276 g/mol. The molecule has 1 N–H and O–H groups in total. The number of aromatic nitrogens is 2. The number of nitro benzene ring substituents is 1. The zero-order valence-corrected chi connectivity index (χ0v) is 11.4. The molecule has 2 aromatic rings. The van der Waals surface area contributed by atoms with Gasteiger partial charge in [-0.3, -0.25) is 19.2 Å². The van der Waals surface area contributed by atoms with E-state index in [0.717, 1.165) is 5.56 Å². The van der Waals surface area contributed by atoms with E-state index in [9.17, 15) is 14.9 Å². The van der Waals surface area contributed by atoms with E-state index in [-0.39, 0.29) is 11.4 Å². The van der Waals surface area contributed by atoms with Crippen LogP contribution in [0.2, 0.25) is 0 Å². The molecule has 1 aromatic carbocycles. The second kappa shape index (κ2) is 5.60. The largest absolute Gasteiger partial charge is 0.383 e. The van der Waals surface area contributed by atoms with Gasteiger partial charge in [0.15, 0.2) is 0 Å². The maximum Gasteiger partial charge on any atom is 0.328 e. The molecule has 0 atom stereocenters. The van der Waals surface area contributed by atoms with Crippen molar-refractivity contribution in [2.24, 2.45) is 0 Å². The van der Waals surface area contributed by atoms with E-state index >= 15 is 0 Å². The van der Waals surface area contributed by atoms with Crippen molar-refractivity contribution in [2.45, 2.75) is 20.0 Å². The molecule has 0 bridgehead atoms. The van der Waals surface area contributed by atoms with Gasteiger partial charge in [0.25, 0.3) is 5.69 Å². The zero-order valence-electron chi connectivity index (χ0n) is 11.4. The quantitative estimate of drug-likeness (QED) is 0.665. The fourth-order valence-corrected chi connectivity index (χ4v) is 2.05. The molecule has 0 aliphatic heterocycles. The van der Waals surface area contributed by atoms with Gasteiger partial charge in [-0.15, -0.1) is 0 Å². The molecular formula is C13H16N4O3. The molecule has 0 saturated carbocycles. The first kappa shape index (κ1) is 13.9. The van der Waals surface area contributed by atoms with Crippen molar-refractivity contribution in [3.8, 4) is 0 Å². The number of anilines is 1. The Labute approximate surface area is 115 Å². The molecule has 0 fully saturated rings. The Morgan fingerprint density at radius 3 is 2.55 bits per heavy atom. The van der Waals surface area contributed by atoms with Gasteiger partial charge >= 0.3 is 5.69 Å². The van der Waals surface area contributed by atoms with Crippen LogP contribution in [0.4, 0.5) is 11.4 Å². The molecule has 0 radical (unpaired) electrons. The summed E-state index contributed by atoms with van der Waals surface area (Å²) < 4.78 is 3.18. The standard InChI is InChI=1S/C13H16N4O3/c1-3-15-6-7-16(13(15)18)9-10-4-5-12(17(19)20)11(8-10)14-2/h4-8,14H,3,9H2,1-2H3. The highest BCUT2D eigenvalue weighted by Crippen LogP contribution is 2.25. The fourth-order valence-electron chi connectivity index (χ4n) is 2.05. The number of aryl methyl sites for hydroxylation is 1. The van der Waals surface area contributed by atoms with E-state index in [1.54, 1.807) is 40.7 Å². The summed E-state index contributed by atoms with van der Waals surface area (Å²) >= 11 is 0. The third-order valence-corrected chi connectivity index (χ3v) is 3.14. The Balaban J connectivity index is 2.32. The Kier molecular flexibility index (Phi) is 3.88. The van der Waals surface area contributed by atoms with E-state index in [1.165, 1.54) is 6.07 Å². The molecular weight excluding hydrogens is 260 g/mol. The Morgan fingerprint density at radius 2 is 2.00 bits per heavy atom. The van der Waals surface area contributed by atoms with E-state index in [1.807, 2.05) is 6.92 Å². The molecule has 7 heteroatoms. The van der Waals surface area contributed by atoms with Crippen molar-refractivity contribution in [3.05, 3.63) is 56.8 Å². The topological polar surface area (TPSA) is 82.1 Å². The molecule has 7 nitrogen and oxygen atoms in total. The number of hydrogen-bond donors (Lipinski definition) is 1. The summed E-state index contributed by atoms with van der Waals surface area (Å²) in [5.74, 6) is 0. The van der Waals surface area contributed by atoms with E-state index in [2.05, 4.69) is 5.32 Å². The van der Waals surface area contributed by atoms with Crippen molar-refractivity contribution in [3.63, 3.8) is 0 Å². The van der Waals surface area contributed by atoms with Gasteiger partial charge in [0.05, 0.1) is 11.5 Å². The third-order valence-electron chi connectivity index (χ3n) is 3.14. The van der Waals surface area contributed by atoms with Crippen LogP contribution in [0.15, 0.2) is 35.4 Å². The Bertz CT molecular complexity index is 687. The lowest BCUT2D eigenvalue weighted by Crippen LogP contribution is -2.23. The van der Waals surface area contributed by atoms with Crippen LogP contribution in [0.5, 0.6) is 0 Å². The van der Waals surface area contributed by atoms with E-state index in [0.29, 0.717) is 18.8 Å². The van der Waals surface area contributed by atoms with Gasteiger partial charge in [0.2, 0.25) is 0 Å². The smallest absolute Gasteiger partial charge is 0.328 e. The maximum absolute atomic E-state index is 11.9. The average Bonchev–Trinajstić information content (AvgIpc) is 2.79. The van der Waals surface area contributed by atoms with Crippen LogP contribution in [0.1, 0.15) is 12.5 Å². The number of hydrogen-bond acceptors (Lipinski definition) is 4. The normalized spacial score (nSPS) is 10.5. The first-order valence-electron chi connectivity index (χ1n) is 6.27. The highest BCUT2D eigenvalue weighted by Gasteiger charge is 2.13. The van der Waals surface area contributed by atoms with Crippen molar-refractivity contribution >= 4 is 11.4 Å².